The first kappa shape index (κ1) is 18.6. The van der Waals surface area contributed by atoms with Gasteiger partial charge in [0.15, 0.2) is 0 Å². The van der Waals surface area contributed by atoms with Crippen molar-refractivity contribution in [2.75, 3.05) is 37.9 Å². The quantitative estimate of drug-likeness (QED) is 0.397. The maximum atomic E-state index is 8.44. The van der Waals surface area contributed by atoms with Gasteiger partial charge in [0.1, 0.15) is 24.0 Å². The highest BCUT2D eigenvalue weighted by Gasteiger charge is 2.13. The topological polar surface area (TPSA) is 132 Å². The number of nitrogen functional groups attached to an aromatic ring is 1. The average molecular weight is 344 g/mol. The van der Waals surface area contributed by atoms with Gasteiger partial charge in [0.25, 0.3) is 0 Å². The molecule has 0 radical (unpaired) electrons. The molecule has 0 saturated carbocycles. The molecule has 2 aromatic rings. The van der Waals surface area contributed by atoms with E-state index in [1.165, 1.54) is 6.33 Å². The molecule has 134 valence electrons. The van der Waals surface area contributed by atoms with Crippen molar-refractivity contribution in [3.05, 3.63) is 41.9 Å². The van der Waals surface area contributed by atoms with E-state index < -0.39 is 0 Å². The third-order valence-electron chi connectivity index (χ3n) is 3.41. The van der Waals surface area contributed by atoms with Crippen LogP contribution in [0.1, 0.15) is 18.2 Å². The lowest BCUT2D eigenvalue weighted by Crippen LogP contribution is -2.18. The van der Waals surface area contributed by atoms with Gasteiger partial charge in [0.05, 0.1) is 18.0 Å². The van der Waals surface area contributed by atoms with E-state index >= 15 is 0 Å². The van der Waals surface area contributed by atoms with E-state index in [0.717, 1.165) is 0 Å². The number of nitrogens with zero attached hydrogens (tertiary/aromatic N) is 2. The number of nitrogens with two attached hydrogens (primary N) is 2. The Bertz CT molecular complexity index is 722. The molecule has 1 aromatic heterocycles. The fourth-order valence-electron chi connectivity index (χ4n) is 2.26. The van der Waals surface area contributed by atoms with Gasteiger partial charge in [-0.15, -0.1) is 0 Å². The monoisotopic (exact) mass is 344 g/mol. The molecule has 0 unspecified atom stereocenters. The standard InChI is InChI=1S/C17H24N6O2/c1-11(9-24-2)25-12-3-4-14(19)13(7-12)17(20)15-8-16(21-6-5-18)23-10-22-15/h3-4,7-8,10-11,20H,5-6,9,18-19H2,1-2H3,(H,21,22,23)/t11-/m0/s1. The molecule has 25 heavy (non-hydrogen) atoms. The molecule has 1 atom stereocenters. The van der Waals surface area contributed by atoms with E-state index in [-0.39, 0.29) is 11.8 Å². The summed E-state index contributed by atoms with van der Waals surface area (Å²) < 4.78 is 10.8. The Morgan fingerprint density at radius 1 is 1.32 bits per heavy atom. The van der Waals surface area contributed by atoms with E-state index in [9.17, 15) is 0 Å². The van der Waals surface area contributed by atoms with Crippen molar-refractivity contribution >= 4 is 17.2 Å². The zero-order valence-electron chi connectivity index (χ0n) is 14.5. The number of aromatic nitrogens is 2. The van der Waals surface area contributed by atoms with Crippen molar-refractivity contribution in [1.82, 2.24) is 9.97 Å². The van der Waals surface area contributed by atoms with Crippen LogP contribution in [-0.4, -0.2) is 48.6 Å². The number of hydrogen-bond donors (Lipinski definition) is 4. The highest BCUT2D eigenvalue weighted by molar-refractivity contribution is 6.13. The van der Waals surface area contributed by atoms with Gasteiger partial charge in [-0.2, -0.15) is 0 Å². The smallest absolute Gasteiger partial charge is 0.130 e. The van der Waals surface area contributed by atoms with Crippen LogP contribution in [0.3, 0.4) is 0 Å². The van der Waals surface area contributed by atoms with Crippen molar-refractivity contribution < 1.29 is 9.47 Å². The largest absolute Gasteiger partial charge is 0.488 e. The number of benzene rings is 1. The average Bonchev–Trinajstić information content (AvgIpc) is 2.61. The summed E-state index contributed by atoms with van der Waals surface area (Å²) in [6.45, 7) is 3.46. The van der Waals surface area contributed by atoms with Crippen LogP contribution in [0.2, 0.25) is 0 Å². The molecule has 8 nitrogen and oxygen atoms in total. The molecule has 1 aromatic carbocycles. The van der Waals surface area contributed by atoms with E-state index in [4.69, 9.17) is 26.4 Å². The minimum Gasteiger partial charge on any atom is -0.488 e. The first-order valence-electron chi connectivity index (χ1n) is 7.95. The van der Waals surface area contributed by atoms with E-state index in [0.29, 0.717) is 48.2 Å². The molecule has 0 aliphatic rings. The molecule has 1 heterocycles. The van der Waals surface area contributed by atoms with Gasteiger partial charge < -0.3 is 26.3 Å². The van der Waals surface area contributed by atoms with Crippen molar-refractivity contribution in [3.63, 3.8) is 0 Å². The summed E-state index contributed by atoms with van der Waals surface area (Å²) in [5.41, 5.74) is 13.2. The lowest BCUT2D eigenvalue weighted by molar-refractivity contribution is 0.0921. The molecular weight excluding hydrogens is 320 g/mol. The highest BCUT2D eigenvalue weighted by atomic mass is 16.5. The summed E-state index contributed by atoms with van der Waals surface area (Å²) in [6.07, 6.45) is 1.29. The van der Waals surface area contributed by atoms with Crippen molar-refractivity contribution in [2.45, 2.75) is 13.0 Å². The molecular formula is C17H24N6O2. The Morgan fingerprint density at radius 3 is 2.84 bits per heavy atom. The fraction of sp³-hybridized carbons (Fsp3) is 0.353. The van der Waals surface area contributed by atoms with E-state index in [1.54, 1.807) is 31.4 Å². The maximum Gasteiger partial charge on any atom is 0.130 e. The molecule has 0 amide bonds. The van der Waals surface area contributed by atoms with Gasteiger partial charge in [0, 0.05) is 37.5 Å². The fourth-order valence-corrected chi connectivity index (χ4v) is 2.26. The van der Waals surface area contributed by atoms with Crippen LogP contribution in [0.4, 0.5) is 11.5 Å². The summed E-state index contributed by atoms with van der Waals surface area (Å²) in [4.78, 5) is 8.27. The Balaban J connectivity index is 2.23. The van der Waals surface area contributed by atoms with E-state index in [1.807, 2.05) is 6.92 Å². The van der Waals surface area contributed by atoms with Crippen LogP contribution in [0.5, 0.6) is 5.75 Å². The second-order valence-corrected chi connectivity index (χ2v) is 5.51. The summed E-state index contributed by atoms with van der Waals surface area (Å²) >= 11 is 0. The summed E-state index contributed by atoms with van der Waals surface area (Å²) in [7, 11) is 1.62. The van der Waals surface area contributed by atoms with Crippen molar-refractivity contribution in [1.29, 1.82) is 5.41 Å². The Kier molecular flexibility index (Phi) is 6.67. The second-order valence-electron chi connectivity index (χ2n) is 5.51. The first-order valence-corrected chi connectivity index (χ1v) is 7.95. The van der Waals surface area contributed by atoms with Gasteiger partial charge >= 0.3 is 0 Å². The van der Waals surface area contributed by atoms with Crippen LogP contribution in [0, 0.1) is 5.41 Å². The number of ether oxygens (including phenoxy) is 2. The van der Waals surface area contributed by atoms with Gasteiger partial charge in [-0.3, -0.25) is 5.41 Å². The molecule has 0 fully saturated rings. The Labute approximate surface area is 147 Å². The summed E-state index contributed by atoms with van der Waals surface area (Å²) in [6, 6.07) is 6.91. The van der Waals surface area contributed by atoms with Gasteiger partial charge in [-0.05, 0) is 25.1 Å². The van der Waals surface area contributed by atoms with Gasteiger partial charge in [-0.25, -0.2) is 9.97 Å². The maximum absolute atomic E-state index is 8.44. The zero-order chi connectivity index (χ0) is 18.2. The van der Waals surface area contributed by atoms with Crippen molar-refractivity contribution in [3.8, 4) is 5.75 Å². The van der Waals surface area contributed by atoms with Crippen LogP contribution < -0.4 is 21.5 Å². The zero-order valence-corrected chi connectivity index (χ0v) is 14.5. The van der Waals surface area contributed by atoms with Crippen LogP contribution in [0.15, 0.2) is 30.6 Å². The summed E-state index contributed by atoms with van der Waals surface area (Å²) in [5.74, 6) is 1.23. The molecule has 2 rings (SSSR count). The summed E-state index contributed by atoms with van der Waals surface area (Å²) in [5, 5.41) is 11.5. The number of anilines is 2. The van der Waals surface area contributed by atoms with E-state index in [2.05, 4.69) is 15.3 Å². The minimum atomic E-state index is -0.109. The number of methoxy groups -OCH3 is 1. The van der Waals surface area contributed by atoms with Crippen LogP contribution in [0.25, 0.3) is 0 Å². The Hall–Kier alpha value is -2.71. The Morgan fingerprint density at radius 2 is 2.12 bits per heavy atom. The lowest BCUT2D eigenvalue weighted by atomic mass is 10.0. The normalized spacial score (nSPS) is 11.8. The van der Waals surface area contributed by atoms with Crippen LogP contribution in [-0.2, 0) is 4.74 Å². The SMILES string of the molecule is COC[C@H](C)Oc1ccc(N)c(C(=N)c2cc(NCCN)ncn2)c1. The molecule has 8 heteroatoms. The number of hydrogen-bond acceptors (Lipinski definition) is 8. The highest BCUT2D eigenvalue weighted by Crippen LogP contribution is 2.23. The third kappa shape index (κ3) is 5.13. The minimum absolute atomic E-state index is 0.109. The molecule has 0 spiro atoms. The van der Waals surface area contributed by atoms with Crippen molar-refractivity contribution in [2.24, 2.45) is 5.73 Å². The molecule has 0 bridgehead atoms. The van der Waals surface area contributed by atoms with Gasteiger partial charge in [0.2, 0.25) is 0 Å². The molecule has 0 aliphatic heterocycles. The predicted molar refractivity (Wildman–Crippen MR) is 98.3 cm³/mol. The number of nitrogens with one attached hydrogen (secondary N) is 2. The molecule has 0 saturated heterocycles. The third-order valence-corrected chi connectivity index (χ3v) is 3.41. The lowest BCUT2D eigenvalue weighted by Gasteiger charge is -2.16. The predicted octanol–water partition coefficient (Wildman–Crippen LogP) is 1.26. The van der Waals surface area contributed by atoms with Gasteiger partial charge in [-0.1, -0.05) is 0 Å². The van der Waals surface area contributed by atoms with Crippen LogP contribution >= 0.6 is 0 Å². The number of rotatable bonds is 9. The second kappa shape index (κ2) is 8.95. The first-order chi connectivity index (χ1) is 12.0. The molecule has 6 N–H and O–H groups in total. The molecule has 0 aliphatic carbocycles.